The van der Waals surface area contributed by atoms with Crippen LogP contribution in [0, 0.1) is 20.8 Å². The van der Waals surface area contributed by atoms with Crippen molar-refractivity contribution in [1.29, 1.82) is 0 Å². The van der Waals surface area contributed by atoms with Crippen molar-refractivity contribution in [2.75, 3.05) is 45.2 Å². The lowest BCUT2D eigenvalue weighted by molar-refractivity contribution is 0.121. The lowest BCUT2D eigenvalue weighted by Gasteiger charge is -2.34. The molecule has 5 nitrogen and oxygen atoms in total. The number of ether oxygens (including phenoxy) is 3. The Bertz CT molecular complexity index is 1260. The van der Waals surface area contributed by atoms with Gasteiger partial charge in [-0.3, -0.25) is 0 Å². The Balaban J connectivity index is 1.46. The molecule has 0 aromatic heterocycles. The Hall–Kier alpha value is -3.18. The van der Waals surface area contributed by atoms with Gasteiger partial charge in [0.2, 0.25) is 0 Å². The van der Waals surface area contributed by atoms with E-state index < -0.39 is 0 Å². The highest BCUT2D eigenvalue weighted by molar-refractivity contribution is 5.64. The molecule has 3 aromatic carbocycles. The number of hydrogen-bond donors (Lipinski definition) is 0. The maximum absolute atomic E-state index is 6.67. The molecular weight excluding hydrogens is 460 g/mol. The largest absolute Gasteiger partial charge is 0.497 e. The molecule has 37 heavy (non-hydrogen) atoms. The highest BCUT2D eigenvalue weighted by Gasteiger charge is 2.45. The summed E-state index contributed by atoms with van der Waals surface area (Å²) >= 11 is 0. The molecule has 1 fully saturated rings. The predicted molar refractivity (Wildman–Crippen MR) is 151 cm³/mol. The molecular formula is C32H40N2O3. The van der Waals surface area contributed by atoms with Crippen LogP contribution in [0.3, 0.4) is 0 Å². The van der Waals surface area contributed by atoms with Crippen LogP contribution >= 0.6 is 0 Å². The normalized spacial score (nSPS) is 18.9. The van der Waals surface area contributed by atoms with E-state index in [4.69, 9.17) is 14.2 Å². The number of hydrogen-bond acceptors (Lipinski definition) is 5. The second kappa shape index (κ2) is 9.94. The molecule has 1 unspecified atom stereocenters. The first-order valence-corrected chi connectivity index (χ1v) is 13.3. The average Bonchev–Trinajstić information content (AvgIpc) is 3.19. The lowest BCUT2D eigenvalue weighted by Crippen LogP contribution is -2.44. The van der Waals surface area contributed by atoms with Crippen molar-refractivity contribution < 1.29 is 14.2 Å². The molecule has 5 heteroatoms. The number of anilines is 1. The summed E-state index contributed by atoms with van der Waals surface area (Å²) < 4.78 is 18.5. The van der Waals surface area contributed by atoms with Crippen LogP contribution in [0.25, 0.3) is 0 Å². The van der Waals surface area contributed by atoms with E-state index in [1.807, 2.05) is 12.1 Å². The summed E-state index contributed by atoms with van der Waals surface area (Å²) in [6, 6.07) is 17.2. The van der Waals surface area contributed by atoms with Crippen molar-refractivity contribution in [2.45, 2.75) is 52.7 Å². The minimum absolute atomic E-state index is 0.131. The van der Waals surface area contributed by atoms with E-state index in [2.05, 4.69) is 87.9 Å². The molecule has 0 bridgehead atoms. The van der Waals surface area contributed by atoms with E-state index in [0.717, 1.165) is 60.1 Å². The second-order valence-electron chi connectivity index (χ2n) is 11.1. The summed E-state index contributed by atoms with van der Waals surface area (Å²) in [5, 5.41) is 0. The first-order chi connectivity index (χ1) is 17.7. The molecule has 0 amide bonds. The minimum atomic E-state index is -0.353. The van der Waals surface area contributed by atoms with Gasteiger partial charge in [0, 0.05) is 37.4 Å². The third-order valence-corrected chi connectivity index (χ3v) is 8.22. The fourth-order valence-electron chi connectivity index (χ4n) is 5.87. The number of methoxy groups -OCH3 is 1. The summed E-state index contributed by atoms with van der Waals surface area (Å²) in [7, 11) is 3.88. The molecule has 0 spiro atoms. The van der Waals surface area contributed by atoms with Crippen molar-refractivity contribution in [1.82, 2.24) is 4.90 Å². The molecule has 1 saturated heterocycles. The highest BCUT2D eigenvalue weighted by Crippen LogP contribution is 2.54. The highest BCUT2D eigenvalue weighted by atomic mass is 16.5. The third-order valence-electron chi connectivity index (χ3n) is 8.22. The SMILES string of the molecule is COc1ccc(COc2c(C)c(C)c3c(c2C)C(c2ccc(N4CCN(C)CC4)cc2)C(C)(C)O3)cc1. The van der Waals surface area contributed by atoms with E-state index in [9.17, 15) is 0 Å². The monoisotopic (exact) mass is 500 g/mol. The molecule has 0 radical (unpaired) electrons. The summed E-state index contributed by atoms with van der Waals surface area (Å²) in [4.78, 5) is 4.87. The maximum atomic E-state index is 6.67. The van der Waals surface area contributed by atoms with E-state index in [1.165, 1.54) is 22.4 Å². The van der Waals surface area contributed by atoms with Gasteiger partial charge >= 0.3 is 0 Å². The van der Waals surface area contributed by atoms with E-state index in [0.29, 0.717) is 6.61 Å². The van der Waals surface area contributed by atoms with Gasteiger partial charge in [-0.15, -0.1) is 0 Å². The summed E-state index contributed by atoms with van der Waals surface area (Å²) in [5.74, 6) is 2.97. The molecule has 0 saturated carbocycles. The Labute approximate surface area is 222 Å². The molecule has 2 aliphatic heterocycles. The van der Waals surface area contributed by atoms with Crippen LogP contribution in [-0.2, 0) is 6.61 Å². The van der Waals surface area contributed by atoms with Crippen molar-refractivity contribution in [3.63, 3.8) is 0 Å². The van der Waals surface area contributed by atoms with Gasteiger partial charge < -0.3 is 24.0 Å². The van der Waals surface area contributed by atoms with Gasteiger partial charge in [-0.05, 0) is 93.7 Å². The molecule has 3 aromatic rings. The predicted octanol–water partition coefficient (Wildman–Crippen LogP) is 6.25. The zero-order valence-corrected chi connectivity index (χ0v) is 23.4. The second-order valence-corrected chi connectivity index (χ2v) is 11.1. The van der Waals surface area contributed by atoms with Crippen LogP contribution in [0.4, 0.5) is 5.69 Å². The Morgan fingerprint density at radius 1 is 0.865 bits per heavy atom. The van der Waals surface area contributed by atoms with E-state index in [1.54, 1.807) is 7.11 Å². The molecule has 196 valence electrons. The lowest BCUT2D eigenvalue weighted by atomic mass is 9.78. The van der Waals surface area contributed by atoms with Gasteiger partial charge in [-0.25, -0.2) is 0 Å². The smallest absolute Gasteiger partial charge is 0.127 e. The molecule has 0 N–H and O–H groups in total. The van der Waals surface area contributed by atoms with Crippen LogP contribution < -0.4 is 19.1 Å². The average molecular weight is 501 g/mol. The molecule has 5 rings (SSSR count). The zero-order chi connectivity index (χ0) is 26.3. The number of likely N-dealkylation sites (N-methyl/N-ethyl adjacent to an activating group) is 1. The zero-order valence-electron chi connectivity index (χ0n) is 23.4. The Morgan fingerprint density at radius 2 is 1.51 bits per heavy atom. The number of piperazine rings is 1. The maximum Gasteiger partial charge on any atom is 0.127 e. The fourth-order valence-corrected chi connectivity index (χ4v) is 5.87. The van der Waals surface area contributed by atoms with Crippen LogP contribution in [0.1, 0.15) is 53.1 Å². The van der Waals surface area contributed by atoms with Crippen LogP contribution in [0.15, 0.2) is 48.5 Å². The third kappa shape index (κ3) is 4.77. The van der Waals surface area contributed by atoms with Crippen molar-refractivity contribution in [3.05, 3.63) is 81.9 Å². The molecule has 2 aliphatic rings. The van der Waals surface area contributed by atoms with Gasteiger partial charge in [0.05, 0.1) is 13.0 Å². The molecule has 0 aliphatic carbocycles. The van der Waals surface area contributed by atoms with Gasteiger partial charge in [0.15, 0.2) is 0 Å². The quantitative estimate of drug-likeness (QED) is 0.399. The minimum Gasteiger partial charge on any atom is -0.497 e. The number of rotatable bonds is 6. The summed E-state index contributed by atoms with van der Waals surface area (Å²) in [6.45, 7) is 15.8. The molecule has 2 heterocycles. The summed E-state index contributed by atoms with van der Waals surface area (Å²) in [5.41, 5.74) is 8.08. The van der Waals surface area contributed by atoms with E-state index in [-0.39, 0.29) is 11.5 Å². The van der Waals surface area contributed by atoms with Crippen molar-refractivity contribution >= 4 is 5.69 Å². The number of nitrogens with zero attached hydrogens (tertiary/aromatic N) is 2. The van der Waals surface area contributed by atoms with Crippen molar-refractivity contribution in [2.24, 2.45) is 0 Å². The Morgan fingerprint density at radius 3 is 2.14 bits per heavy atom. The van der Waals surface area contributed by atoms with Gasteiger partial charge in [0.1, 0.15) is 29.5 Å². The van der Waals surface area contributed by atoms with Crippen LogP contribution in [-0.4, -0.2) is 50.8 Å². The number of benzene rings is 3. The van der Waals surface area contributed by atoms with Crippen molar-refractivity contribution in [3.8, 4) is 17.2 Å². The Kier molecular flexibility index (Phi) is 6.84. The first kappa shape index (κ1) is 25.5. The van der Waals surface area contributed by atoms with Gasteiger partial charge in [0.25, 0.3) is 0 Å². The molecule has 1 atom stereocenters. The van der Waals surface area contributed by atoms with Gasteiger partial charge in [-0.2, -0.15) is 0 Å². The topological polar surface area (TPSA) is 34.2 Å². The van der Waals surface area contributed by atoms with E-state index >= 15 is 0 Å². The van der Waals surface area contributed by atoms with Crippen LogP contribution in [0.2, 0.25) is 0 Å². The van der Waals surface area contributed by atoms with Crippen LogP contribution in [0.5, 0.6) is 17.2 Å². The number of fused-ring (bicyclic) bond motifs is 1. The standard InChI is InChI=1S/C32H40N2O3/c1-21-22(2)31-28(23(3)30(21)36-20-24-8-14-27(35-7)15-9-24)29(32(4,5)37-31)25-10-12-26(13-11-25)34-18-16-33(6)17-19-34/h8-15,29H,16-20H2,1-7H3. The summed E-state index contributed by atoms with van der Waals surface area (Å²) in [6.07, 6.45) is 0. The van der Waals surface area contributed by atoms with Gasteiger partial charge in [-0.1, -0.05) is 24.3 Å². The first-order valence-electron chi connectivity index (χ1n) is 13.3. The fraction of sp³-hybridized carbons (Fsp3) is 0.438.